The second-order valence-electron chi connectivity index (χ2n) is 9.42. The van der Waals surface area contributed by atoms with Crippen molar-refractivity contribution in [2.75, 3.05) is 6.61 Å². The predicted octanol–water partition coefficient (Wildman–Crippen LogP) is 4.70. The molecule has 5 heteroatoms. The Morgan fingerprint density at radius 3 is 2.83 bits per heavy atom. The van der Waals surface area contributed by atoms with E-state index in [0.29, 0.717) is 54.7 Å². The molecule has 5 atom stereocenters. The number of aliphatic carboxylic acids is 1. The van der Waals surface area contributed by atoms with E-state index in [9.17, 15) is 14.7 Å². The highest BCUT2D eigenvalue weighted by atomic mass is 16.5. The molecule has 0 heterocycles. The summed E-state index contributed by atoms with van der Waals surface area (Å²) in [6, 6.07) is 3.90. The van der Waals surface area contributed by atoms with E-state index in [1.165, 1.54) is 11.1 Å². The van der Waals surface area contributed by atoms with Gasteiger partial charge in [-0.25, -0.2) is 0 Å². The second-order valence-corrected chi connectivity index (χ2v) is 9.42. The summed E-state index contributed by atoms with van der Waals surface area (Å²) in [7, 11) is 0. The Morgan fingerprint density at radius 1 is 1.31 bits per heavy atom. The Kier molecular flexibility index (Phi) is 5.34. The van der Waals surface area contributed by atoms with Crippen LogP contribution in [0, 0.1) is 23.2 Å². The highest BCUT2D eigenvalue weighted by Gasteiger charge is 2.58. The van der Waals surface area contributed by atoms with E-state index < -0.39 is 5.97 Å². The molecule has 158 valence electrons. The number of hydrogen-bond donors (Lipinski definition) is 2. The summed E-state index contributed by atoms with van der Waals surface area (Å²) < 4.78 is 5.64. The zero-order valence-electron chi connectivity index (χ0n) is 17.4. The SMILES string of the molecule is CCOc1cc2c(cc1O)CCC1C2CC[C@]2(C)C(=O)C[C@H](CCCC(=O)O)C12. The monoisotopic (exact) mass is 400 g/mol. The molecule has 1 aromatic rings. The highest BCUT2D eigenvalue weighted by Crippen LogP contribution is 2.62. The van der Waals surface area contributed by atoms with Gasteiger partial charge in [-0.3, -0.25) is 9.59 Å². The van der Waals surface area contributed by atoms with Crippen LogP contribution >= 0.6 is 0 Å². The Hall–Kier alpha value is -2.04. The number of carboxylic acids is 1. The van der Waals surface area contributed by atoms with Crippen molar-refractivity contribution in [2.24, 2.45) is 23.2 Å². The number of aromatic hydroxyl groups is 1. The van der Waals surface area contributed by atoms with E-state index in [1.54, 1.807) is 0 Å². The van der Waals surface area contributed by atoms with Gasteiger partial charge in [0.25, 0.3) is 0 Å². The van der Waals surface area contributed by atoms with Gasteiger partial charge in [0.05, 0.1) is 6.61 Å². The average molecular weight is 401 g/mol. The van der Waals surface area contributed by atoms with E-state index in [4.69, 9.17) is 9.84 Å². The Balaban J connectivity index is 1.63. The lowest BCUT2D eigenvalue weighted by Crippen LogP contribution is -2.44. The maximum absolute atomic E-state index is 13.0. The van der Waals surface area contributed by atoms with Gasteiger partial charge in [-0.05, 0) is 92.4 Å². The fourth-order valence-corrected chi connectivity index (χ4v) is 6.70. The van der Waals surface area contributed by atoms with Crippen LogP contribution < -0.4 is 4.74 Å². The standard InChI is InChI=1S/C24H32O5/c1-3-29-20-13-18-14(11-19(20)25)7-8-17-16(18)9-10-24(2)21(26)12-15(23(17)24)5-4-6-22(27)28/h11,13,15-17,23,25H,3-10,12H2,1-2H3,(H,27,28)/t15-,16?,17?,23?,24+/m0/s1. The Bertz CT molecular complexity index is 816. The van der Waals surface area contributed by atoms with Crippen LogP contribution in [0.15, 0.2) is 12.1 Å². The van der Waals surface area contributed by atoms with Gasteiger partial charge in [-0.2, -0.15) is 0 Å². The van der Waals surface area contributed by atoms with Crippen LogP contribution in [0.1, 0.15) is 75.8 Å². The summed E-state index contributed by atoms with van der Waals surface area (Å²) in [5, 5.41) is 19.3. The molecule has 5 nitrogen and oxygen atoms in total. The van der Waals surface area contributed by atoms with E-state index in [0.717, 1.165) is 32.1 Å². The van der Waals surface area contributed by atoms with Gasteiger partial charge in [-0.15, -0.1) is 0 Å². The average Bonchev–Trinajstić information content (AvgIpc) is 2.92. The number of hydrogen-bond acceptors (Lipinski definition) is 4. The van der Waals surface area contributed by atoms with Gasteiger partial charge in [0.15, 0.2) is 11.5 Å². The van der Waals surface area contributed by atoms with Gasteiger partial charge in [0, 0.05) is 18.3 Å². The lowest BCUT2D eigenvalue weighted by molar-refractivity contribution is -0.137. The first kappa shape index (κ1) is 20.2. The molecule has 0 radical (unpaired) electrons. The molecule has 0 aliphatic heterocycles. The van der Waals surface area contributed by atoms with Crippen molar-refractivity contribution in [1.29, 1.82) is 0 Å². The molecular formula is C24H32O5. The molecule has 0 amide bonds. The molecule has 2 saturated carbocycles. The lowest BCUT2D eigenvalue weighted by atomic mass is 9.54. The number of phenolic OH excluding ortho intramolecular Hbond substituents is 1. The second kappa shape index (κ2) is 7.66. The molecule has 1 aromatic carbocycles. The maximum atomic E-state index is 13.0. The minimum Gasteiger partial charge on any atom is -0.504 e. The first-order valence-corrected chi connectivity index (χ1v) is 11.1. The smallest absolute Gasteiger partial charge is 0.303 e. The number of benzene rings is 1. The van der Waals surface area contributed by atoms with Gasteiger partial charge in [-0.1, -0.05) is 6.92 Å². The molecular weight excluding hydrogens is 368 g/mol. The third-order valence-electron chi connectivity index (χ3n) is 7.91. The number of carboxylic acid groups (broad SMARTS) is 1. The molecule has 29 heavy (non-hydrogen) atoms. The Labute approximate surface area is 172 Å². The van der Waals surface area contributed by atoms with Crippen LogP contribution in [0.4, 0.5) is 0 Å². The van der Waals surface area contributed by atoms with Gasteiger partial charge in [0.2, 0.25) is 0 Å². The van der Waals surface area contributed by atoms with Crippen molar-refractivity contribution in [1.82, 2.24) is 0 Å². The molecule has 3 unspecified atom stereocenters. The van der Waals surface area contributed by atoms with Crippen molar-refractivity contribution < 1.29 is 24.5 Å². The molecule has 3 aliphatic rings. The fourth-order valence-electron chi connectivity index (χ4n) is 6.70. The van der Waals surface area contributed by atoms with Crippen LogP contribution in [0.2, 0.25) is 0 Å². The number of fused-ring (bicyclic) bond motifs is 5. The Morgan fingerprint density at radius 2 is 2.10 bits per heavy atom. The summed E-state index contributed by atoms with van der Waals surface area (Å²) in [5.74, 6) is 1.87. The highest BCUT2D eigenvalue weighted by molar-refractivity contribution is 5.87. The summed E-state index contributed by atoms with van der Waals surface area (Å²) in [5.41, 5.74) is 2.24. The number of Topliss-reactive ketones (excluding diaryl/α,β-unsaturated/α-hetero) is 1. The molecule has 3 aliphatic carbocycles. The molecule has 0 saturated heterocycles. The fraction of sp³-hybridized carbons (Fsp3) is 0.667. The third-order valence-corrected chi connectivity index (χ3v) is 7.91. The normalized spacial score (nSPS) is 33.0. The van der Waals surface area contributed by atoms with Crippen molar-refractivity contribution in [3.63, 3.8) is 0 Å². The quantitative estimate of drug-likeness (QED) is 0.723. The first-order valence-electron chi connectivity index (χ1n) is 11.1. The zero-order valence-corrected chi connectivity index (χ0v) is 17.4. The van der Waals surface area contributed by atoms with E-state index in [1.807, 2.05) is 19.1 Å². The predicted molar refractivity (Wildman–Crippen MR) is 109 cm³/mol. The van der Waals surface area contributed by atoms with Gasteiger partial charge < -0.3 is 14.9 Å². The minimum absolute atomic E-state index is 0.183. The molecule has 2 N–H and O–H groups in total. The lowest BCUT2D eigenvalue weighted by Gasteiger charge is -2.50. The number of phenols is 1. The number of ketones is 1. The zero-order chi connectivity index (χ0) is 20.8. The number of aryl methyl sites for hydroxylation is 1. The molecule has 2 fully saturated rings. The van der Waals surface area contributed by atoms with Gasteiger partial charge in [0.1, 0.15) is 5.78 Å². The van der Waals surface area contributed by atoms with Crippen LogP contribution in [0.3, 0.4) is 0 Å². The van der Waals surface area contributed by atoms with Crippen LogP contribution in [0.25, 0.3) is 0 Å². The number of carbonyl (C=O) groups is 2. The molecule has 4 rings (SSSR count). The van der Waals surface area contributed by atoms with E-state index in [2.05, 4.69) is 6.92 Å². The minimum atomic E-state index is -0.756. The third kappa shape index (κ3) is 3.43. The summed E-state index contributed by atoms with van der Waals surface area (Å²) >= 11 is 0. The number of rotatable bonds is 6. The number of ether oxygens (including phenoxy) is 1. The summed E-state index contributed by atoms with van der Waals surface area (Å²) in [6.07, 6.45) is 6.11. The molecule has 0 bridgehead atoms. The van der Waals surface area contributed by atoms with Crippen molar-refractivity contribution in [2.45, 2.75) is 71.1 Å². The first-order chi connectivity index (χ1) is 13.8. The van der Waals surface area contributed by atoms with Crippen LogP contribution in [-0.2, 0) is 16.0 Å². The van der Waals surface area contributed by atoms with E-state index in [-0.39, 0.29) is 17.6 Å². The molecule has 0 aromatic heterocycles. The molecule has 0 spiro atoms. The van der Waals surface area contributed by atoms with Crippen molar-refractivity contribution >= 4 is 11.8 Å². The summed E-state index contributed by atoms with van der Waals surface area (Å²) in [4.78, 5) is 23.9. The maximum Gasteiger partial charge on any atom is 0.303 e. The topological polar surface area (TPSA) is 83.8 Å². The van der Waals surface area contributed by atoms with E-state index >= 15 is 0 Å². The van der Waals surface area contributed by atoms with Crippen molar-refractivity contribution in [3.05, 3.63) is 23.3 Å². The summed E-state index contributed by atoms with van der Waals surface area (Å²) in [6.45, 7) is 4.59. The van der Waals surface area contributed by atoms with Gasteiger partial charge >= 0.3 is 5.97 Å². The number of carbonyl (C=O) groups excluding carboxylic acids is 1. The van der Waals surface area contributed by atoms with Crippen LogP contribution in [-0.4, -0.2) is 28.6 Å². The largest absolute Gasteiger partial charge is 0.504 e. The van der Waals surface area contributed by atoms with Crippen molar-refractivity contribution in [3.8, 4) is 11.5 Å². The van der Waals surface area contributed by atoms with Crippen LogP contribution in [0.5, 0.6) is 11.5 Å².